The molecule has 0 unspecified atom stereocenters. The molecule has 0 saturated heterocycles. The molecular weight excluding hydrogens is 719 g/mol. The highest BCUT2D eigenvalue weighted by molar-refractivity contribution is 7.33. The summed E-state index contributed by atoms with van der Waals surface area (Å²) in [5.41, 5.74) is 1.82. The van der Waals surface area contributed by atoms with Crippen molar-refractivity contribution in [3.05, 3.63) is 45.7 Å². The second-order valence-corrected chi connectivity index (χ2v) is 19.4. The summed E-state index contributed by atoms with van der Waals surface area (Å²) in [4.78, 5) is 4.59. The van der Waals surface area contributed by atoms with Gasteiger partial charge in [0.15, 0.2) is 0 Å². The van der Waals surface area contributed by atoms with E-state index in [9.17, 15) is 8.78 Å². The Morgan fingerprint density at radius 2 is 0.654 bits per heavy atom. The number of rotatable bonds is 32. The molecule has 0 saturated carbocycles. The summed E-state index contributed by atoms with van der Waals surface area (Å²) < 4.78 is 32.4. The van der Waals surface area contributed by atoms with Gasteiger partial charge in [-0.05, 0) is 37.8 Å². The van der Waals surface area contributed by atoms with Crippen molar-refractivity contribution in [2.75, 3.05) is 0 Å². The van der Waals surface area contributed by atoms with E-state index in [1.807, 2.05) is 0 Å². The number of halogens is 2. The van der Waals surface area contributed by atoms with Crippen molar-refractivity contribution < 1.29 is 8.78 Å². The summed E-state index contributed by atoms with van der Waals surface area (Å²) >= 11 is 6.66. The standard InChI is InChI=1S/C46H70F2S4/c1-3-5-7-9-11-13-15-17-19-21-23-25-27-29-31-37-39(47)35-49-45(37)43-33-41-42(51-43)34-44(52-41)46-38(40(48)36-50-46)32-30-28-26-24-22-20-18-16-14-12-10-8-6-4-2/h33-36H,3-32H2,1-2H3. The molecule has 0 nitrogen and oxygen atoms in total. The molecule has 0 aliphatic carbocycles. The fraction of sp³-hybridized carbons (Fsp3) is 0.696. The number of hydrogen-bond acceptors (Lipinski definition) is 4. The molecule has 52 heavy (non-hydrogen) atoms. The summed E-state index contributed by atoms with van der Waals surface area (Å²) in [7, 11) is 0. The Kier molecular flexibility index (Phi) is 22.4. The Labute approximate surface area is 333 Å². The highest BCUT2D eigenvalue weighted by Crippen LogP contribution is 2.46. The van der Waals surface area contributed by atoms with Gasteiger partial charge in [0.2, 0.25) is 0 Å². The van der Waals surface area contributed by atoms with Crippen molar-refractivity contribution in [2.45, 2.75) is 206 Å². The summed E-state index contributed by atoms with van der Waals surface area (Å²) in [6.45, 7) is 4.57. The molecule has 4 rings (SSSR count). The maximum atomic E-state index is 14.9. The van der Waals surface area contributed by atoms with Crippen molar-refractivity contribution in [2.24, 2.45) is 0 Å². The van der Waals surface area contributed by atoms with Crippen LogP contribution < -0.4 is 0 Å². The Morgan fingerprint density at radius 3 is 0.942 bits per heavy atom. The third-order valence-electron chi connectivity index (χ3n) is 10.9. The van der Waals surface area contributed by atoms with E-state index in [2.05, 4.69) is 26.0 Å². The molecule has 4 aromatic rings. The van der Waals surface area contributed by atoms with Crippen LogP contribution >= 0.6 is 45.3 Å². The van der Waals surface area contributed by atoms with Gasteiger partial charge >= 0.3 is 0 Å². The van der Waals surface area contributed by atoms with Gasteiger partial charge in [0, 0.05) is 41.0 Å². The third kappa shape index (κ3) is 15.6. The molecule has 0 aliphatic heterocycles. The smallest absolute Gasteiger partial charge is 0.137 e. The molecule has 0 amide bonds. The molecule has 6 heteroatoms. The van der Waals surface area contributed by atoms with Crippen LogP contribution in [-0.4, -0.2) is 0 Å². The van der Waals surface area contributed by atoms with Crippen LogP contribution in [0.1, 0.15) is 205 Å². The van der Waals surface area contributed by atoms with E-state index in [-0.39, 0.29) is 11.6 Å². The van der Waals surface area contributed by atoms with Gasteiger partial charge < -0.3 is 0 Å². The molecule has 0 spiro atoms. The molecule has 0 atom stereocenters. The molecule has 4 aromatic heterocycles. The highest BCUT2D eigenvalue weighted by Gasteiger charge is 2.19. The molecule has 0 bridgehead atoms. The van der Waals surface area contributed by atoms with Crippen LogP contribution in [0.15, 0.2) is 22.9 Å². The summed E-state index contributed by atoms with van der Waals surface area (Å²) in [6.07, 6.45) is 39.2. The minimum atomic E-state index is -0.0330. The number of thiophene rings is 4. The summed E-state index contributed by atoms with van der Waals surface area (Å²) in [5.74, 6) is -0.0660. The average molecular weight is 789 g/mol. The fourth-order valence-electron chi connectivity index (χ4n) is 7.65. The van der Waals surface area contributed by atoms with Gasteiger partial charge in [0.25, 0.3) is 0 Å². The van der Waals surface area contributed by atoms with Crippen LogP contribution in [0.4, 0.5) is 8.78 Å². The quantitative estimate of drug-likeness (QED) is 0.0432. The van der Waals surface area contributed by atoms with Gasteiger partial charge in [-0.15, -0.1) is 45.3 Å². The van der Waals surface area contributed by atoms with E-state index >= 15 is 0 Å². The first-order valence-electron chi connectivity index (χ1n) is 21.7. The first kappa shape index (κ1) is 43.6. The van der Waals surface area contributed by atoms with Crippen LogP contribution in [0.3, 0.4) is 0 Å². The number of unbranched alkanes of at least 4 members (excludes halogenated alkanes) is 26. The highest BCUT2D eigenvalue weighted by atomic mass is 32.1. The molecule has 0 N–H and O–H groups in total. The maximum Gasteiger partial charge on any atom is 0.137 e. The van der Waals surface area contributed by atoms with Crippen LogP contribution in [0.25, 0.3) is 28.9 Å². The molecule has 292 valence electrons. The van der Waals surface area contributed by atoms with Gasteiger partial charge in [-0.2, -0.15) is 0 Å². The lowest BCUT2D eigenvalue weighted by Crippen LogP contribution is -1.90. The zero-order valence-corrected chi connectivity index (χ0v) is 36.2. The van der Waals surface area contributed by atoms with E-state index in [4.69, 9.17) is 0 Å². The van der Waals surface area contributed by atoms with Gasteiger partial charge in [-0.3, -0.25) is 0 Å². The molecule has 0 radical (unpaired) electrons. The van der Waals surface area contributed by atoms with Gasteiger partial charge in [0.1, 0.15) is 11.6 Å². The van der Waals surface area contributed by atoms with Crippen molar-refractivity contribution in [3.8, 4) is 19.5 Å². The lowest BCUT2D eigenvalue weighted by molar-refractivity contribution is 0.534. The third-order valence-corrected chi connectivity index (χ3v) is 15.5. The SMILES string of the molecule is CCCCCCCCCCCCCCCCc1c(F)csc1-c1cc2sc(-c3scc(F)c3CCCCCCCCCCCCCCCC)cc2s1. The zero-order valence-electron chi connectivity index (χ0n) is 32.9. The van der Waals surface area contributed by atoms with E-state index in [0.29, 0.717) is 0 Å². The maximum absolute atomic E-state index is 14.9. The van der Waals surface area contributed by atoms with Gasteiger partial charge in [-0.25, -0.2) is 8.78 Å². The van der Waals surface area contributed by atoms with E-state index in [1.165, 1.54) is 186 Å². The minimum Gasteiger partial charge on any atom is -0.206 e. The summed E-state index contributed by atoms with van der Waals surface area (Å²) in [6, 6.07) is 4.51. The van der Waals surface area contributed by atoms with E-state index in [0.717, 1.165) is 46.6 Å². The molecule has 0 aliphatic rings. The van der Waals surface area contributed by atoms with Gasteiger partial charge in [-0.1, -0.05) is 181 Å². The minimum absolute atomic E-state index is 0.0330. The van der Waals surface area contributed by atoms with Crippen LogP contribution in [0, 0.1) is 11.6 Å². The van der Waals surface area contributed by atoms with Crippen molar-refractivity contribution in [3.63, 3.8) is 0 Å². The average Bonchev–Trinajstić information content (AvgIpc) is 3.91. The number of hydrogen-bond donors (Lipinski definition) is 0. The second kappa shape index (κ2) is 26.7. The van der Waals surface area contributed by atoms with Crippen molar-refractivity contribution in [1.82, 2.24) is 0 Å². The molecular formula is C46H70F2S4. The largest absolute Gasteiger partial charge is 0.206 e. The molecule has 0 aromatic carbocycles. The van der Waals surface area contributed by atoms with Crippen LogP contribution in [-0.2, 0) is 12.8 Å². The fourth-order valence-corrected chi connectivity index (χ4v) is 12.3. The van der Waals surface area contributed by atoms with Gasteiger partial charge in [0.05, 0.1) is 9.75 Å². The Morgan fingerprint density at radius 1 is 0.385 bits per heavy atom. The Hall–Kier alpha value is -1.08. The summed E-state index contributed by atoms with van der Waals surface area (Å²) in [5, 5.41) is 3.40. The Bertz CT molecular complexity index is 1340. The van der Waals surface area contributed by atoms with E-state index < -0.39 is 0 Å². The normalized spacial score (nSPS) is 11.8. The first-order valence-corrected chi connectivity index (χ1v) is 25.1. The lowest BCUT2D eigenvalue weighted by atomic mass is 10.0. The second-order valence-electron chi connectivity index (χ2n) is 15.4. The predicted octanol–water partition coefficient (Wildman–Crippen LogP) is 18.7. The lowest BCUT2D eigenvalue weighted by Gasteiger charge is -2.05. The van der Waals surface area contributed by atoms with Crippen molar-refractivity contribution in [1.29, 1.82) is 0 Å². The predicted molar refractivity (Wildman–Crippen MR) is 234 cm³/mol. The first-order chi connectivity index (χ1) is 25.6. The molecule has 0 fully saturated rings. The topological polar surface area (TPSA) is 0 Å². The van der Waals surface area contributed by atoms with E-state index in [1.54, 1.807) is 56.1 Å². The zero-order chi connectivity index (χ0) is 36.6. The molecule has 4 heterocycles. The number of fused-ring (bicyclic) bond motifs is 1. The van der Waals surface area contributed by atoms with Crippen LogP contribution in [0.2, 0.25) is 0 Å². The monoisotopic (exact) mass is 788 g/mol. The van der Waals surface area contributed by atoms with Crippen LogP contribution in [0.5, 0.6) is 0 Å². The van der Waals surface area contributed by atoms with Crippen molar-refractivity contribution >= 4 is 54.7 Å². The Balaban J connectivity index is 1.13.